The molecule has 0 spiro atoms. The highest BCUT2D eigenvalue weighted by atomic mass is 32.1. The molecule has 0 atom stereocenters. The van der Waals surface area contributed by atoms with Gasteiger partial charge in [0.05, 0.1) is 5.69 Å². The van der Waals surface area contributed by atoms with Gasteiger partial charge in [0.2, 0.25) is 0 Å². The fraction of sp³-hybridized carbons (Fsp3) is 0.0833. The average molecular weight is 301 g/mol. The molecule has 0 saturated heterocycles. The van der Waals surface area contributed by atoms with Crippen LogP contribution in [0.25, 0.3) is 5.69 Å². The van der Waals surface area contributed by atoms with Crippen LogP contribution in [-0.2, 0) is 0 Å². The van der Waals surface area contributed by atoms with E-state index in [9.17, 15) is 4.79 Å². The van der Waals surface area contributed by atoms with Crippen molar-refractivity contribution in [2.24, 2.45) is 0 Å². The van der Waals surface area contributed by atoms with Crippen molar-refractivity contribution in [2.75, 3.05) is 11.1 Å². The van der Waals surface area contributed by atoms with Crippen molar-refractivity contribution >= 4 is 28.1 Å². The molecular formula is C12H11N7OS. The van der Waals surface area contributed by atoms with Gasteiger partial charge in [-0.3, -0.25) is 4.79 Å². The molecule has 3 N–H and O–H groups in total. The Balaban J connectivity index is 1.86. The third kappa shape index (κ3) is 2.72. The van der Waals surface area contributed by atoms with Gasteiger partial charge in [-0.2, -0.15) is 0 Å². The Bertz CT molecular complexity index is 781. The van der Waals surface area contributed by atoms with Crippen LogP contribution in [0.3, 0.4) is 0 Å². The number of nitrogens with zero attached hydrogens (tertiary/aromatic N) is 5. The molecule has 21 heavy (non-hydrogen) atoms. The highest BCUT2D eigenvalue weighted by molar-refractivity contribution is 7.13. The predicted octanol–water partition coefficient (Wildman–Crippen LogP) is 1.26. The first-order valence-electron chi connectivity index (χ1n) is 6.00. The van der Waals surface area contributed by atoms with Crippen molar-refractivity contribution in [1.82, 2.24) is 25.2 Å². The zero-order chi connectivity index (χ0) is 14.8. The number of thiazole rings is 1. The maximum atomic E-state index is 12.0. The quantitative estimate of drug-likeness (QED) is 0.753. The van der Waals surface area contributed by atoms with E-state index >= 15 is 0 Å². The molecule has 106 valence electrons. The number of carbonyl (C=O) groups excluding carboxylic acids is 1. The van der Waals surface area contributed by atoms with Crippen LogP contribution in [0, 0.1) is 6.92 Å². The van der Waals surface area contributed by atoms with Gasteiger partial charge in [-0.05, 0) is 35.0 Å². The lowest BCUT2D eigenvalue weighted by atomic mass is 10.2. The lowest BCUT2D eigenvalue weighted by molar-refractivity contribution is 0.102. The monoisotopic (exact) mass is 301 g/mol. The number of nitrogens with one attached hydrogen (secondary N) is 1. The molecule has 0 radical (unpaired) electrons. The second kappa shape index (κ2) is 5.29. The normalized spacial score (nSPS) is 10.5. The molecular weight excluding hydrogens is 290 g/mol. The number of benzene rings is 1. The highest BCUT2D eigenvalue weighted by Gasteiger charge is 2.11. The van der Waals surface area contributed by atoms with E-state index < -0.39 is 0 Å². The Morgan fingerprint density at radius 3 is 2.95 bits per heavy atom. The fourth-order valence-electron chi connectivity index (χ4n) is 1.79. The predicted molar refractivity (Wildman–Crippen MR) is 78.4 cm³/mol. The number of rotatable bonds is 3. The topological polar surface area (TPSA) is 112 Å². The third-order valence-corrected chi connectivity index (χ3v) is 3.49. The van der Waals surface area contributed by atoms with E-state index in [2.05, 4.69) is 25.8 Å². The number of hydrogen-bond donors (Lipinski definition) is 2. The Kier molecular flexibility index (Phi) is 3.32. The summed E-state index contributed by atoms with van der Waals surface area (Å²) >= 11 is 1.22. The van der Waals surface area contributed by atoms with Gasteiger partial charge in [0.15, 0.2) is 5.13 Å². The minimum Gasteiger partial charge on any atom is -0.375 e. The minimum absolute atomic E-state index is 0.294. The summed E-state index contributed by atoms with van der Waals surface area (Å²) in [6.45, 7) is 1.93. The Morgan fingerprint density at radius 2 is 2.29 bits per heavy atom. The van der Waals surface area contributed by atoms with E-state index in [0.717, 1.165) is 11.3 Å². The van der Waals surface area contributed by atoms with Gasteiger partial charge in [0.25, 0.3) is 5.91 Å². The summed E-state index contributed by atoms with van der Waals surface area (Å²) in [6.07, 6.45) is 1.50. The molecule has 0 aliphatic carbocycles. The van der Waals surface area contributed by atoms with Crippen LogP contribution in [0.1, 0.15) is 16.1 Å². The number of nitrogen functional groups attached to an aromatic ring is 1. The summed E-state index contributed by atoms with van der Waals surface area (Å²) in [5, 5.41) is 15.8. The summed E-state index contributed by atoms with van der Waals surface area (Å²) in [5.74, 6) is -0.311. The van der Waals surface area contributed by atoms with Crippen LogP contribution in [0.15, 0.2) is 29.9 Å². The Morgan fingerprint density at radius 1 is 1.43 bits per heavy atom. The first-order valence-corrected chi connectivity index (χ1v) is 6.88. The molecule has 1 amide bonds. The number of tetrazole rings is 1. The molecule has 0 aliphatic rings. The molecule has 0 bridgehead atoms. The third-order valence-electron chi connectivity index (χ3n) is 2.82. The van der Waals surface area contributed by atoms with Crippen LogP contribution in [0.4, 0.5) is 10.8 Å². The molecule has 2 heterocycles. The summed E-state index contributed by atoms with van der Waals surface area (Å²) < 4.78 is 1.53. The van der Waals surface area contributed by atoms with Crippen molar-refractivity contribution in [1.29, 1.82) is 0 Å². The first kappa shape index (κ1) is 13.2. The zero-order valence-corrected chi connectivity index (χ0v) is 11.8. The van der Waals surface area contributed by atoms with Crippen LogP contribution < -0.4 is 11.1 Å². The maximum absolute atomic E-state index is 12.0. The van der Waals surface area contributed by atoms with Crippen molar-refractivity contribution in [3.05, 3.63) is 41.2 Å². The Hall–Kier alpha value is -2.81. The van der Waals surface area contributed by atoms with Crippen molar-refractivity contribution in [3.63, 3.8) is 0 Å². The second-order valence-electron chi connectivity index (χ2n) is 4.28. The molecule has 2 aromatic heterocycles. The number of aromatic nitrogens is 5. The van der Waals surface area contributed by atoms with Crippen LogP contribution in [0.2, 0.25) is 0 Å². The second-order valence-corrected chi connectivity index (χ2v) is 5.17. The molecule has 0 saturated carbocycles. The highest BCUT2D eigenvalue weighted by Crippen LogP contribution is 2.19. The zero-order valence-electron chi connectivity index (χ0n) is 11.0. The number of carbonyl (C=O) groups is 1. The summed E-state index contributed by atoms with van der Waals surface area (Å²) in [7, 11) is 0. The van der Waals surface area contributed by atoms with Gasteiger partial charge in [-0.15, -0.1) is 16.4 Å². The molecule has 8 nitrogen and oxygen atoms in total. The number of amides is 1. The lowest BCUT2D eigenvalue weighted by Crippen LogP contribution is -2.13. The van der Waals surface area contributed by atoms with E-state index in [-0.39, 0.29) is 5.91 Å². The van der Waals surface area contributed by atoms with Gasteiger partial charge < -0.3 is 11.1 Å². The van der Waals surface area contributed by atoms with Gasteiger partial charge in [-0.1, -0.05) is 6.07 Å². The number of nitrogens with two attached hydrogens (primary N) is 1. The summed E-state index contributed by atoms with van der Waals surface area (Å²) in [6, 6.07) is 5.47. The number of hydrogen-bond acceptors (Lipinski definition) is 7. The smallest absolute Gasteiger partial charge is 0.275 e. The van der Waals surface area contributed by atoms with Crippen molar-refractivity contribution in [3.8, 4) is 5.69 Å². The van der Waals surface area contributed by atoms with E-state index in [4.69, 9.17) is 5.73 Å². The van der Waals surface area contributed by atoms with Gasteiger partial charge in [0, 0.05) is 11.1 Å². The summed E-state index contributed by atoms with van der Waals surface area (Å²) in [5.41, 5.74) is 8.21. The number of aryl methyl sites for hydroxylation is 1. The average Bonchev–Trinajstić information content (AvgIpc) is 3.12. The van der Waals surface area contributed by atoms with Crippen LogP contribution in [0.5, 0.6) is 0 Å². The van der Waals surface area contributed by atoms with Gasteiger partial charge in [0.1, 0.15) is 12.0 Å². The minimum atomic E-state index is -0.311. The van der Waals surface area contributed by atoms with Crippen LogP contribution >= 0.6 is 11.3 Å². The molecule has 1 aromatic carbocycles. The summed E-state index contributed by atoms with van der Waals surface area (Å²) in [4.78, 5) is 16.0. The van der Waals surface area contributed by atoms with Gasteiger partial charge in [-0.25, -0.2) is 9.67 Å². The van der Waals surface area contributed by atoms with Crippen LogP contribution in [-0.4, -0.2) is 31.1 Å². The van der Waals surface area contributed by atoms with Crippen molar-refractivity contribution < 1.29 is 4.79 Å². The van der Waals surface area contributed by atoms with E-state index in [0.29, 0.717) is 16.5 Å². The molecule has 0 aliphatic heterocycles. The van der Waals surface area contributed by atoms with E-state index in [1.165, 1.54) is 22.3 Å². The standard InChI is InChI=1S/C12H11N7OS/c1-7-2-3-8(4-10(7)19-6-14-17-18-19)15-11(20)9-5-21-12(13)16-9/h2-6H,1H3,(H2,13,16)(H,15,20). The van der Waals surface area contributed by atoms with E-state index in [1.54, 1.807) is 17.5 Å². The first-order chi connectivity index (χ1) is 10.1. The molecule has 0 unspecified atom stereocenters. The SMILES string of the molecule is Cc1ccc(NC(=O)c2csc(N)n2)cc1-n1cnnn1. The largest absolute Gasteiger partial charge is 0.375 e. The molecule has 9 heteroatoms. The van der Waals surface area contributed by atoms with Gasteiger partial charge >= 0.3 is 0 Å². The fourth-order valence-corrected chi connectivity index (χ4v) is 2.34. The molecule has 0 fully saturated rings. The van der Waals surface area contributed by atoms with E-state index in [1.807, 2.05) is 13.0 Å². The Labute approximate surface area is 123 Å². The lowest BCUT2D eigenvalue weighted by Gasteiger charge is -2.08. The molecule has 3 rings (SSSR count). The maximum Gasteiger partial charge on any atom is 0.275 e. The van der Waals surface area contributed by atoms with Crippen molar-refractivity contribution in [2.45, 2.75) is 6.92 Å². The number of anilines is 2. The molecule has 3 aromatic rings.